The van der Waals surface area contributed by atoms with Crippen molar-refractivity contribution in [3.8, 4) is 28.2 Å². The molecule has 0 unspecified atom stereocenters. The number of hydrogen-bond donors (Lipinski definition) is 5. The Morgan fingerprint density at radius 3 is 1.56 bits per heavy atom. The third kappa shape index (κ3) is 16.9. The highest BCUT2D eigenvalue weighted by Gasteiger charge is 2.33. The number of carbonyl (C=O) groups excluding carboxylic acids is 4. The Hall–Kier alpha value is -9.18. The second kappa shape index (κ2) is 29.0. The summed E-state index contributed by atoms with van der Waals surface area (Å²) in [7, 11) is 0. The van der Waals surface area contributed by atoms with E-state index in [0.29, 0.717) is 95.1 Å². The number of ether oxygens (including phenoxy) is 2. The zero-order valence-electron chi connectivity index (χ0n) is 48.8. The minimum atomic E-state index is -0.750. The van der Waals surface area contributed by atoms with Crippen molar-refractivity contribution in [1.29, 1.82) is 0 Å². The van der Waals surface area contributed by atoms with Gasteiger partial charge >= 0.3 is 23.8 Å². The molecule has 4 amide bonds. The molecular formula is C65H70Cl2N12O8S. The summed E-state index contributed by atoms with van der Waals surface area (Å²) in [5, 5.41) is 15.4. The summed E-state index contributed by atoms with van der Waals surface area (Å²) in [6, 6.07) is 40.9. The maximum atomic E-state index is 13.2. The summed E-state index contributed by atoms with van der Waals surface area (Å²) in [6.45, 7) is 12.8. The Kier molecular flexibility index (Phi) is 21.4. The van der Waals surface area contributed by atoms with E-state index in [-0.39, 0.29) is 37.2 Å². The van der Waals surface area contributed by atoms with Gasteiger partial charge in [-0.15, -0.1) is 0 Å². The fraction of sp³-hybridized carbons (Fsp3) is 0.292. The Bertz CT molecular complexity index is 3980. The van der Waals surface area contributed by atoms with Crippen LogP contribution in [0.4, 0.5) is 44.2 Å². The summed E-state index contributed by atoms with van der Waals surface area (Å²) in [5.74, 6) is -0.174. The molecule has 23 heteroatoms. The second-order valence-electron chi connectivity index (χ2n) is 22.8. The largest absolute Gasteiger partial charge is 0.444 e. The van der Waals surface area contributed by atoms with Gasteiger partial charge in [-0.1, -0.05) is 97.4 Å². The molecule has 9 aromatic rings. The number of likely N-dealkylation sites (tertiary alicyclic amines) is 2. The maximum absolute atomic E-state index is 13.2. The monoisotopic (exact) mass is 1250 g/mol. The van der Waals surface area contributed by atoms with E-state index < -0.39 is 28.9 Å². The normalized spacial score (nSPS) is 14.8. The summed E-state index contributed by atoms with van der Waals surface area (Å²) in [5.41, 5.74) is 7.56. The minimum absolute atomic E-state index is 0. The number of rotatable bonds is 11. The molecule has 5 N–H and O–H groups in total. The fourth-order valence-corrected chi connectivity index (χ4v) is 10.5. The van der Waals surface area contributed by atoms with Crippen LogP contribution in [0, 0.1) is 11.8 Å². The van der Waals surface area contributed by atoms with Crippen molar-refractivity contribution < 1.29 is 37.1 Å². The summed E-state index contributed by atoms with van der Waals surface area (Å²) >= 11 is 12.4. The number of nitrogens with one attached hydrogen (secondary N) is 5. The summed E-state index contributed by atoms with van der Waals surface area (Å²) in [4.78, 5) is 76.0. The van der Waals surface area contributed by atoms with E-state index in [9.17, 15) is 19.2 Å². The van der Waals surface area contributed by atoms with Crippen LogP contribution in [0.15, 0.2) is 152 Å². The lowest BCUT2D eigenvalue weighted by Gasteiger charge is -2.33. The molecule has 2 aliphatic heterocycles. The van der Waals surface area contributed by atoms with Crippen LogP contribution in [0.5, 0.6) is 0 Å². The van der Waals surface area contributed by atoms with E-state index in [1.807, 2.05) is 157 Å². The molecule has 0 bridgehead atoms. The molecule has 0 radical (unpaired) electrons. The Morgan fingerprint density at radius 1 is 0.591 bits per heavy atom. The molecule has 2 aliphatic rings. The highest BCUT2D eigenvalue weighted by molar-refractivity contribution is 7.51. The number of amides is 4. The van der Waals surface area contributed by atoms with Crippen LogP contribution < -0.4 is 21.3 Å². The predicted octanol–water partition coefficient (Wildman–Crippen LogP) is 14.6. The van der Waals surface area contributed by atoms with Crippen LogP contribution in [0.1, 0.15) is 74.7 Å². The van der Waals surface area contributed by atoms with Crippen molar-refractivity contribution in [2.75, 3.05) is 47.4 Å². The van der Waals surface area contributed by atoms with Gasteiger partial charge in [0.25, 0.3) is 0 Å². The lowest BCUT2D eigenvalue weighted by molar-refractivity contribution is -0.122. The standard InChI is InChI=1S/C35H35ClN6O3.C29H31ClN6O3.CH4.O2S/c1-35(2,3)45-34(44)41-18-10-11-23(21-41)32(43)38-24-12-9-13-25(19-24)39-33-37-20-29(36)31(40-33)28-22-42(26-14-5-4-6-15-26)30-17-8-7-16-27(28)30;1-29(2,3)39-28(38)36-13-7-8-18(17-36)26(37)33-19-9-6-10-20(14-19)34-27-32-16-23(30)25(35-27)22-15-31-24-12-5-4-11-21(22)24;;1-3-2/h4-9,12-17,19-20,22-23H,10-11,18,21H2,1-3H3,(H,38,43)(H,37,39,40);4-6,9-12,14-16,18,31H,7-8,13,17H2,1-3H3,(H,33,37)(H,32,34,35);1H4;/t23-;18-;;/m00../s1. The topological polar surface area (TPSA) is 248 Å². The molecular weight excluding hydrogens is 1180 g/mol. The average molecular weight is 1250 g/mol. The molecule has 0 saturated carbocycles. The Balaban J connectivity index is 0.000000218. The van der Waals surface area contributed by atoms with Crippen molar-refractivity contribution in [2.24, 2.45) is 11.8 Å². The number of aromatic amines is 1. The number of aromatic nitrogens is 6. The van der Waals surface area contributed by atoms with Gasteiger partial charge in [0.2, 0.25) is 23.7 Å². The maximum Gasteiger partial charge on any atom is 0.410 e. The highest BCUT2D eigenvalue weighted by Crippen LogP contribution is 2.37. The fourth-order valence-electron chi connectivity index (χ4n) is 10.1. The molecule has 0 aliphatic carbocycles. The van der Waals surface area contributed by atoms with Crippen LogP contribution in [0.2, 0.25) is 10.0 Å². The van der Waals surface area contributed by atoms with Crippen molar-refractivity contribution in [3.05, 3.63) is 162 Å². The number of carbonyl (C=O) groups is 4. The average Bonchev–Trinajstić information content (AvgIpc) is 3.03. The summed E-state index contributed by atoms with van der Waals surface area (Å²) in [6.07, 6.45) is 9.19. The quantitative estimate of drug-likeness (QED) is 0.0808. The van der Waals surface area contributed by atoms with E-state index in [4.69, 9.17) is 46.1 Å². The number of hydrogen-bond acceptors (Lipinski definition) is 14. The van der Waals surface area contributed by atoms with Crippen molar-refractivity contribution in [1.82, 2.24) is 39.3 Å². The number of benzene rings is 5. The van der Waals surface area contributed by atoms with Gasteiger partial charge in [-0.05, 0) is 128 Å². The van der Waals surface area contributed by atoms with E-state index >= 15 is 0 Å². The number of fused-ring (bicyclic) bond motifs is 2. The van der Waals surface area contributed by atoms with Crippen molar-refractivity contribution in [2.45, 2.75) is 85.9 Å². The SMILES string of the molecule is C.CC(C)(C)OC(=O)N1CCC[C@H](C(=O)Nc2cccc(Nc3ncc(Cl)c(-c4c[nH]c5ccccc45)n3)c2)C1.CC(C)(C)OC(=O)N1CCC[C@H](C(=O)Nc2cccc(Nc3ncc(Cl)c(-c4cn(-c5ccccc5)c5ccccc45)n3)c2)C1.O=S=O. The van der Waals surface area contributed by atoms with Gasteiger partial charge in [0.05, 0.1) is 51.2 Å². The van der Waals surface area contributed by atoms with Gasteiger partial charge in [0.15, 0.2) is 0 Å². The first-order valence-electron chi connectivity index (χ1n) is 28.2. The first kappa shape index (κ1) is 64.8. The molecule has 458 valence electrons. The molecule has 4 aromatic heterocycles. The van der Waals surface area contributed by atoms with Crippen molar-refractivity contribution in [3.63, 3.8) is 0 Å². The molecule has 6 heterocycles. The number of halogens is 2. The smallest absolute Gasteiger partial charge is 0.410 e. The first-order valence-corrected chi connectivity index (χ1v) is 29.7. The van der Waals surface area contributed by atoms with Gasteiger partial charge < -0.3 is 50.1 Å². The van der Waals surface area contributed by atoms with Crippen LogP contribution in [-0.4, -0.2) is 109 Å². The van der Waals surface area contributed by atoms with Gasteiger partial charge in [-0.2, -0.15) is 8.42 Å². The van der Waals surface area contributed by atoms with Crippen LogP contribution in [0.3, 0.4) is 0 Å². The minimum Gasteiger partial charge on any atom is -0.444 e. The lowest BCUT2D eigenvalue weighted by Crippen LogP contribution is -2.45. The lowest BCUT2D eigenvalue weighted by atomic mass is 9.97. The Labute approximate surface area is 524 Å². The van der Waals surface area contributed by atoms with E-state index in [1.165, 1.54) is 0 Å². The second-order valence-corrected chi connectivity index (χ2v) is 23.7. The molecule has 88 heavy (non-hydrogen) atoms. The third-order valence-corrected chi connectivity index (χ3v) is 14.5. The molecule has 2 atom stereocenters. The van der Waals surface area contributed by atoms with E-state index in [1.54, 1.807) is 22.2 Å². The van der Waals surface area contributed by atoms with Gasteiger partial charge in [0, 0.05) is 94.4 Å². The first-order chi connectivity index (χ1) is 41.7. The summed E-state index contributed by atoms with van der Waals surface area (Å²) < 4.78 is 29.7. The molecule has 5 aromatic carbocycles. The zero-order valence-corrected chi connectivity index (χ0v) is 51.1. The van der Waals surface area contributed by atoms with Crippen molar-refractivity contribution >= 4 is 115 Å². The van der Waals surface area contributed by atoms with E-state index in [2.05, 4.69) is 70.0 Å². The molecule has 2 fully saturated rings. The zero-order chi connectivity index (χ0) is 61.8. The van der Waals surface area contributed by atoms with Gasteiger partial charge in [0.1, 0.15) is 11.2 Å². The molecule has 2 saturated heterocycles. The number of para-hydroxylation sites is 3. The molecule has 0 spiro atoms. The number of H-pyrrole nitrogens is 1. The number of piperidine rings is 2. The van der Waals surface area contributed by atoms with E-state index in [0.717, 1.165) is 51.5 Å². The number of anilines is 6. The predicted molar refractivity (Wildman–Crippen MR) is 347 cm³/mol. The van der Waals surface area contributed by atoms with Crippen LogP contribution >= 0.6 is 23.2 Å². The highest BCUT2D eigenvalue weighted by atomic mass is 35.5. The number of nitrogens with zero attached hydrogens (tertiary/aromatic N) is 7. The molecule has 11 rings (SSSR count). The molecule has 20 nitrogen and oxygen atoms in total. The van der Waals surface area contributed by atoms with Crippen LogP contribution in [0.25, 0.3) is 50.0 Å². The van der Waals surface area contributed by atoms with Crippen LogP contribution in [-0.2, 0) is 30.6 Å². The Morgan fingerprint density at radius 2 is 1.05 bits per heavy atom. The third-order valence-electron chi connectivity index (χ3n) is 14.0. The van der Waals surface area contributed by atoms with Gasteiger partial charge in [-0.25, -0.2) is 29.5 Å². The van der Waals surface area contributed by atoms with Gasteiger partial charge in [-0.3, -0.25) is 9.59 Å².